The molecule has 0 bridgehead atoms. The third-order valence-electron chi connectivity index (χ3n) is 0.620. The maximum Gasteiger partial charge on any atom is 0.322 e. The Morgan fingerprint density at radius 3 is 1.90 bits per heavy atom. The van der Waals surface area contributed by atoms with E-state index in [1.165, 1.54) is 0 Å². The molecule has 0 spiro atoms. The van der Waals surface area contributed by atoms with Crippen LogP contribution in [-0.4, -0.2) is 15.9 Å². The summed E-state index contributed by atoms with van der Waals surface area (Å²) in [6.07, 6.45) is 0. The van der Waals surface area contributed by atoms with Crippen molar-refractivity contribution in [2.45, 2.75) is 4.83 Å². The third-order valence-corrected chi connectivity index (χ3v) is 2.74. The first-order valence-corrected chi connectivity index (χ1v) is 4.09. The van der Waals surface area contributed by atoms with Crippen LogP contribution < -0.4 is 0 Å². The summed E-state index contributed by atoms with van der Waals surface area (Å²) in [4.78, 5) is 9.13. The first-order chi connectivity index (χ1) is 4.46. The van der Waals surface area contributed by atoms with Gasteiger partial charge in [0.05, 0.1) is 5.03 Å². The van der Waals surface area contributed by atoms with E-state index in [1.807, 2.05) is 0 Å². The summed E-state index contributed by atoms with van der Waals surface area (Å²) in [6.45, 7) is 0. The first-order valence-electron chi connectivity index (χ1n) is 2.04. The fourth-order valence-corrected chi connectivity index (χ4v) is 1.01. The summed E-state index contributed by atoms with van der Waals surface area (Å²) in [5, 5.41) is 8.19. The van der Waals surface area contributed by atoms with Crippen LogP contribution in [0, 0.1) is 0 Å². The van der Waals surface area contributed by atoms with Crippen LogP contribution in [-0.2, 0) is 4.79 Å². The lowest BCUT2D eigenvalue weighted by Crippen LogP contribution is -2.12. The zero-order chi connectivity index (χ0) is 8.31. The maximum atomic E-state index is 10.2. The standard InChI is InChI=1S/C4H2BrCl3O2/c5-1(4(9)10)2(6)3(7)8/h1H,(H,9,10). The molecule has 58 valence electrons. The lowest BCUT2D eigenvalue weighted by atomic mass is 10.4. The summed E-state index contributed by atoms with van der Waals surface area (Å²) < 4.78 is -0.244. The van der Waals surface area contributed by atoms with Crippen molar-refractivity contribution in [3.05, 3.63) is 9.52 Å². The molecule has 0 fully saturated rings. The van der Waals surface area contributed by atoms with E-state index in [0.717, 1.165) is 0 Å². The van der Waals surface area contributed by atoms with Gasteiger partial charge in [0.15, 0.2) is 0 Å². The van der Waals surface area contributed by atoms with Crippen molar-refractivity contribution in [1.82, 2.24) is 0 Å². The molecule has 6 heteroatoms. The second kappa shape index (κ2) is 4.44. The number of rotatable bonds is 2. The second-order valence-corrected chi connectivity index (χ2v) is 3.58. The van der Waals surface area contributed by atoms with E-state index in [-0.39, 0.29) is 9.52 Å². The predicted molar refractivity (Wildman–Crippen MR) is 44.9 cm³/mol. The number of carboxylic acid groups (broad SMARTS) is 1. The van der Waals surface area contributed by atoms with Gasteiger partial charge in [-0.1, -0.05) is 50.7 Å². The van der Waals surface area contributed by atoms with Crippen molar-refractivity contribution in [1.29, 1.82) is 0 Å². The Bertz CT molecular complexity index is 175. The molecular weight excluding hydrogens is 266 g/mol. The Hall–Kier alpha value is 0.560. The highest BCUT2D eigenvalue weighted by Gasteiger charge is 2.19. The van der Waals surface area contributed by atoms with E-state index in [2.05, 4.69) is 15.9 Å². The molecule has 2 nitrogen and oxygen atoms in total. The van der Waals surface area contributed by atoms with Crippen molar-refractivity contribution in [3.8, 4) is 0 Å². The monoisotopic (exact) mass is 266 g/mol. The quantitative estimate of drug-likeness (QED) is 0.782. The topological polar surface area (TPSA) is 37.3 Å². The molecule has 0 heterocycles. The van der Waals surface area contributed by atoms with Crippen LogP contribution in [0.5, 0.6) is 0 Å². The Morgan fingerprint density at radius 2 is 1.80 bits per heavy atom. The van der Waals surface area contributed by atoms with Crippen molar-refractivity contribution in [2.75, 3.05) is 0 Å². The smallest absolute Gasteiger partial charge is 0.322 e. The highest BCUT2D eigenvalue weighted by molar-refractivity contribution is 9.10. The fraction of sp³-hybridized carbons (Fsp3) is 0.250. The average molecular weight is 268 g/mol. The Morgan fingerprint density at radius 1 is 1.40 bits per heavy atom. The summed E-state index contributed by atoms with van der Waals surface area (Å²) in [6, 6.07) is 0. The van der Waals surface area contributed by atoms with Crippen molar-refractivity contribution in [2.24, 2.45) is 0 Å². The van der Waals surface area contributed by atoms with Crippen LogP contribution in [0.25, 0.3) is 0 Å². The number of hydrogen-bond donors (Lipinski definition) is 1. The van der Waals surface area contributed by atoms with E-state index in [4.69, 9.17) is 39.9 Å². The van der Waals surface area contributed by atoms with E-state index in [1.54, 1.807) is 0 Å². The summed E-state index contributed by atoms with van der Waals surface area (Å²) in [5.74, 6) is -1.14. The number of carbonyl (C=O) groups is 1. The number of halogens is 4. The van der Waals surface area contributed by atoms with Crippen LogP contribution in [0.4, 0.5) is 0 Å². The molecule has 0 aromatic carbocycles. The van der Waals surface area contributed by atoms with Crippen molar-refractivity contribution >= 4 is 56.7 Å². The molecule has 10 heavy (non-hydrogen) atoms. The molecule has 0 aliphatic rings. The molecule has 1 N–H and O–H groups in total. The number of carboxylic acids is 1. The molecule has 0 aliphatic carbocycles. The molecule has 1 atom stereocenters. The van der Waals surface area contributed by atoms with E-state index < -0.39 is 10.8 Å². The predicted octanol–water partition coefficient (Wildman–Crippen LogP) is 2.72. The normalized spacial score (nSPS) is 12.4. The summed E-state index contributed by atoms with van der Waals surface area (Å²) in [5.41, 5.74) is 0. The van der Waals surface area contributed by atoms with Gasteiger partial charge in [0.2, 0.25) is 0 Å². The maximum absolute atomic E-state index is 10.2. The zero-order valence-corrected chi connectivity index (χ0v) is 8.30. The highest BCUT2D eigenvalue weighted by Crippen LogP contribution is 2.25. The number of hydrogen-bond acceptors (Lipinski definition) is 1. The molecule has 1 unspecified atom stereocenters. The molecule has 0 radical (unpaired) electrons. The summed E-state index contributed by atoms with van der Waals surface area (Å²) >= 11 is 18.5. The molecule has 0 rings (SSSR count). The molecule has 0 saturated carbocycles. The van der Waals surface area contributed by atoms with Gasteiger partial charge in [-0.2, -0.15) is 0 Å². The van der Waals surface area contributed by atoms with Crippen LogP contribution in [0.3, 0.4) is 0 Å². The van der Waals surface area contributed by atoms with E-state index in [9.17, 15) is 4.79 Å². The van der Waals surface area contributed by atoms with Gasteiger partial charge in [-0.25, -0.2) is 0 Å². The Balaban J connectivity index is 4.37. The minimum absolute atomic E-state index is 0.129. The summed E-state index contributed by atoms with van der Waals surface area (Å²) in [7, 11) is 0. The number of alkyl halides is 1. The van der Waals surface area contributed by atoms with Crippen LogP contribution in [0.1, 0.15) is 0 Å². The Kier molecular flexibility index (Phi) is 4.69. The van der Waals surface area contributed by atoms with E-state index >= 15 is 0 Å². The fourth-order valence-electron chi connectivity index (χ4n) is 0.204. The Labute approximate surface area is 80.9 Å². The van der Waals surface area contributed by atoms with Crippen LogP contribution in [0.2, 0.25) is 0 Å². The van der Waals surface area contributed by atoms with Gasteiger partial charge in [0.25, 0.3) is 0 Å². The number of aliphatic carboxylic acids is 1. The van der Waals surface area contributed by atoms with Gasteiger partial charge in [0, 0.05) is 0 Å². The van der Waals surface area contributed by atoms with Crippen LogP contribution >= 0.6 is 50.7 Å². The van der Waals surface area contributed by atoms with E-state index in [0.29, 0.717) is 0 Å². The van der Waals surface area contributed by atoms with Gasteiger partial charge in [-0.05, 0) is 0 Å². The zero-order valence-electron chi connectivity index (χ0n) is 4.44. The molecule has 0 amide bonds. The van der Waals surface area contributed by atoms with Gasteiger partial charge in [-0.3, -0.25) is 4.79 Å². The second-order valence-electron chi connectivity index (χ2n) is 1.31. The molecular formula is C4H2BrCl3O2. The van der Waals surface area contributed by atoms with Gasteiger partial charge in [-0.15, -0.1) is 0 Å². The highest BCUT2D eigenvalue weighted by atomic mass is 79.9. The van der Waals surface area contributed by atoms with Gasteiger partial charge in [0.1, 0.15) is 9.32 Å². The first kappa shape index (κ1) is 10.6. The minimum Gasteiger partial charge on any atom is -0.480 e. The molecule has 0 saturated heterocycles. The van der Waals surface area contributed by atoms with Gasteiger partial charge < -0.3 is 5.11 Å². The lowest BCUT2D eigenvalue weighted by molar-refractivity contribution is -0.135. The average Bonchev–Trinajstić information content (AvgIpc) is 1.84. The van der Waals surface area contributed by atoms with Crippen molar-refractivity contribution < 1.29 is 9.90 Å². The van der Waals surface area contributed by atoms with Gasteiger partial charge >= 0.3 is 5.97 Å². The molecule has 0 aromatic rings. The largest absolute Gasteiger partial charge is 0.480 e. The lowest BCUT2D eigenvalue weighted by Gasteiger charge is -2.00. The molecule has 0 aliphatic heterocycles. The van der Waals surface area contributed by atoms with Crippen molar-refractivity contribution in [3.63, 3.8) is 0 Å². The molecule has 0 aromatic heterocycles. The third kappa shape index (κ3) is 3.10. The minimum atomic E-state index is -1.14. The van der Waals surface area contributed by atoms with Crippen LogP contribution in [0.15, 0.2) is 9.52 Å². The SMILES string of the molecule is O=C(O)C(Br)C(Cl)=C(Cl)Cl.